The molecule has 7 nitrogen and oxygen atoms in total. The molecule has 0 aliphatic heterocycles. The zero-order valence-electron chi connectivity index (χ0n) is 14.5. The molecule has 0 atom stereocenters. The SMILES string of the molecule is O=C(COC(=O)CCc1nc(-c2ccc(Cl)cc2)no1)Nc1ccccc1F. The highest BCUT2D eigenvalue weighted by Gasteiger charge is 2.13. The summed E-state index contributed by atoms with van der Waals surface area (Å²) in [6, 6.07) is 12.6. The van der Waals surface area contributed by atoms with E-state index in [2.05, 4.69) is 15.5 Å². The fourth-order valence-corrected chi connectivity index (χ4v) is 2.37. The Morgan fingerprint density at radius 3 is 2.64 bits per heavy atom. The zero-order chi connectivity index (χ0) is 19.9. The molecule has 9 heteroatoms. The maximum Gasteiger partial charge on any atom is 0.306 e. The molecule has 28 heavy (non-hydrogen) atoms. The second-order valence-electron chi connectivity index (χ2n) is 5.71. The van der Waals surface area contributed by atoms with Crippen LogP contribution in [0, 0.1) is 5.82 Å². The predicted octanol–water partition coefficient (Wildman–Crippen LogP) is 3.64. The molecule has 0 unspecified atom stereocenters. The Bertz CT molecular complexity index is 975. The van der Waals surface area contributed by atoms with E-state index in [1.807, 2.05) is 0 Å². The van der Waals surface area contributed by atoms with Gasteiger partial charge in [0.25, 0.3) is 5.91 Å². The molecule has 1 N–H and O–H groups in total. The van der Waals surface area contributed by atoms with Crippen LogP contribution in [0.1, 0.15) is 12.3 Å². The maximum absolute atomic E-state index is 13.4. The average Bonchev–Trinajstić information content (AvgIpc) is 3.16. The summed E-state index contributed by atoms with van der Waals surface area (Å²) in [4.78, 5) is 27.7. The summed E-state index contributed by atoms with van der Waals surface area (Å²) < 4.78 is 23.4. The van der Waals surface area contributed by atoms with Crippen LogP contribution in [0.5, 0.6) is 0 Å². The van der Waals surface area contributed by atoms with Gasteiger partial charge in [0.2, 0.25) is 11.7 Å². The fraction of sp³-hybridized carbons (Fsp3) is 0.158. The molecule has 1 aromatic heterocycles. The molecule has 0 bridgehead atoms. The van der Waals surface area contributed by atoms with Gasteiger partial charge in [-0.25, -0.2) is 4.39 Å². The number of nitrogens with zero attached hydrogens (tertiary/aromatic N) is 2. The van der Waals surface area contributed by atoms with Gasteiger partial charge in [0, 0.05) is 17.0 Å². The highest BCUT2D eigenvalue weighted by molar-refractivity contribution is 6.30. The number of aromatic nitrogens is 2. The van der Waals surface area contributed by atoms with Crippen molar-refractivity contribution in [2.24, 2.45) is 0 Å². The fourth-order valence-electron chi connectivity index (χ4n) is 2.25. The van der Waals surface area contributed by atoms with Crippen LogP contribution >= 0.6 is 11.6 Å². The zero-order valence-corrected chi connectivity index (χ0v) is 15.3. The van der Waals surface area contributed by atoms with E-state index in [0.29, 0.717) is 10.8 Å². The molecule has 0 aliphatic rings. The first-order valence-corrected chi connectivity index (χ1v) is 8.67. The Kier molecular flexibility index (Phi) is 6.33. The van der Waals surface area contributed by atoms with Crippen LogP contribution in [0.15, 0.2) is 53.1 Å². The van der Waals surface area contributed by atoms with Crippen molar-refractivity contribution in [1.82, 2.24) is 10.1 Å². The van der Waals surface area contributed by atoms with Gasteiger partial charge in [-0.3, -0.25) is 9.59 Å². The first-order valence-electron chi connectivity index (χ1n) is 8.30. The normalized spacial score (nSPS) is 10.5. The number of aryl methyl sites for hydroxylation is 1. The Labute approximate surface area is 164 Å². The van der Waals surface area contributed by atoms with E-state index in [1.165, 1.54) is 18.2 Å². The number of carbonyl (C=O) groups is 2. The summed E-state index contributed by atoms with van der Waals surface area (Å²) >= 11 is 5.83. The monoisotopic (exact) mass is 403 g/mol. The van der Waals surface area contributed by atoms with Crippen LogP contribution < -0.4 is 5.32 Å². The van der Waals surface area contributed by atoms with Gasteiger partial charge in [0.15, 0.2) is 6.61 Å². The van der Waals surface area contributed by atoms with Crippen LogP contribution in [0.2, 0.25) is 5.02 Å². The molecule has 0 spiro atoms. The molecule has 0 saturated heterocycles. The quantitative estimate of drug-likeness (QED) is 0.605. The molecule has 1 heterocycles. The van der Waals surface area contributed by atoms with E-state index < -0.39 is 24.3 Å². The van der Waals surface area contributed by atoms with Crippen LogP contribution in [-0.4, -0.2) is 28.6 Å². The minimum Gasteiger partial charge on any atom is -0.456 e. The van der Waals surface area contributed by atoms with Gasteiger partial charge >= 0.3 is 5.97 Å². The third-order valence-corrected chi connectivity index (χ3v) is 3.88. The number of rotatable bonds is 7. The second kappa shape index (κ2) is 9.09. The van der Waals surface area contributed by atoms with Gasteiger partial charge in [0.05, 0.1) is 12.1 Å². The van der Waals surface area contributed by atoms with Crippen LogP contribution in [0.4, 0.5) is 10.1 Å². The third-order valence-electron chi connectivity index (χ3n) is 3.63. The van der Waals surface area contributed by atoms with Crippen LogP contribution in [-0.2, 0) is 20.7 Å². The van der Waals surface area contributed by atoms with E-state index in [9.17, 15) is 14.0 Å². The lowest BCUT2D eigenvalue weighted by Gasteiger charge is -2.06. The van der Waals surface area contributed by atoms with Crippen molar-refractivity contribution in [2.75, 3.05) is 11.9 Å². The maximum atomic E-state index is 13.4. The molecule has 3 aromatic rings. The van der Waals surface area contributed by atoms with Crippen LogP contribution in [0.3, 0.4) is 0 Å². The lowest BCUT2D eigenvalue weighted by molar-refractivity contribution is -0.147. The minimum absolute atomic E-state index is 0.0177. The summed E-state index contributed by atoms with van der Waals surface area (Å²) in [6.45, 7) is -0.521. The highest BCUT2D eigenvalue weighted by atomic mass is 35.5. The Balaban J connectivity index is 1.44. The summed E-state index contributed by atoms with van der Waals surface area (Å²) in [5.74, 6) is -1.19. The lowest BCUT2D eigenvalue weighted by atomic mass is 10.2. The largest absolute Gasteiger partial charge is 0.456 e. The molecule has 2 aromatic carbocycles. The highest BCUT2D eigenvalue weighted by Crippen LogP contribution is 2.19. The van der Waals surface area contributed by atoms with E-state index in [-0.39, 0.29) is 24.4 Å². The van der Waals surface area contributed by atoms with Gasteiger partial charge in [-0.05, 0) is 36.4 Å². The first kappa shape index (κ1) is 19.5. The molecule has 0 saturated carbocycles. The Morgan fingerprint density at radius 1 is 1.14 bits per heavy atom. The summed E-state index contributed by atoms with van der Waals surface area (Å²) in [5, 5.41) is 6.76. The van der Waals surface area contributed by atoms with Gasteiger partial charge in [-0.15, -0.1) is 0 Å². The molecule has 0 fully saturated rings. The number of hydrogen-bond donors (Lipinski definition) is 1. The molecule has 1 amide bonds. The molecular formula is C19H15ClFN3O4. The Morgan fingerprint density at radius 2 is 1.89 bits per heavy atom. The average molecular weight is 404 g/mol. The number of esters is 1. The summed E-state index contributed by atoms with van der Waals surface area (Å²) in [6.07, 6.45) is 0.115. The number of halogens is 2. The van der Waals surface area contributed by atoms with E-state index >= 15 is 0 Å². The predicted molar refractivity (Wildman–Crippen MR) is 99.1 cm³/mol. The van der Waals surface area contributed by atoms with Crippen molar-refractivity contribution >= 4 is 29.2 Å². The number of hydrogen-bond acceptors (Lipinski definition) is 6. The molecule has 144 valence electrons. The Hall–Kier alpha value is -3.26. The molecule has 3 rings (SSSR count). The van der Waals surface area contributed by atoms with Crippen molar-refractivity contribution < 1.29 is 23.2 Å². The third kappa shape index (κ3) is 5.37. The summed E-state index contributed by atoms with van der Waals surface area (Å²) in [7, 11) is 0. The van der Waals surface area contributed by atoms with Crippen molar-refractivity contribution in [2.45, 2.75) is 12.8 Å². The van der Waals surface area contributed by atoms with Gasteiger partial charge in [-0.1, -0.05) is 28.9 Å². The summed E-state index contributed by atoms with van der Waals surface area (Å²) in [5.41, 5.74) is 0.746. The van der Waals surface area contributed by atoms with E-state index in [4.69, 9.17) is 20.9 Å². The van der Waals surface area contributed by atoms with E-state index in [0.717, 1.165) is 5.56 Å². The number of benzene rings is 2. The smallest absolute Gasteiger partial charge is 0.306 e. The number of nitrogens with one attached hydrogen (secondary N) is 1. The topological polar surface area (TPSA) is 94.3 Å². The number of amides is 1. The molecule has 0 radical (unpaired) electrons. The van der Waals surface area contributed by atoms with Crippen molar-refractivity contribution in [3.63, 3.8) is 0 Å². The standard InChI is InChI=1S/C19H15ClFN3O4/c20-13-7-5-12(6-8-13)19-23-17(28-24-19)9-10-18(26)27-11-16(25)22-15-4-2-1-3-14(15)21/h1-8H,9-11H2,(H,22,25). The lowest BCUT2D eigenvalue weighted by Crippen LogP contribution is -2.21. The number of para-hydroxylation sites is 1. The molecule has 0 aliphatic carbocycles. The first-order chi connectivity index (χ1) is 13.5. The second-order valence-corrected chi connectivity index (χ2v) is 6.14. The van der Waals surface area contributed by atoms with Crippen LogP contribution in [0.25, 0.3) is 11.4 Å². The van der Waals surface area contributed by atoms with Gasteiger partial charge in [0.1, 0.15) is 5.82 Å². The minimum atomic E-state index is -0.638. The number of ether oxygens (including phenoxy) is 1. The number of carbonyl (C=O) groups excluding carboxylic acids is 2. The van der Waals surface area contributed by atoms with E-state index in [1.54, 1.807) is 30.3 Å². The van der Waals surface area contributed by atoms with Crippen molar-refractivity contribution in [3.8, 4) is 11.4 Å². The molecular weight excluding hydrogens is 389 g/mol. The van der Waals surface area contributed by atoms with Crippen molar-refractivity contribution in [1.29, 1.82) is 0 Å². The van der Waals surface area contributed by atoms with Gasteiger partial charge in [-0.2, -0.15) is 4.98 Å². The van der Waals surface area contributed by atoms with Crippen molar-refractivity contribution in [3.05, 3.63) is 65.3 Å². The number of anilines is 1. The van der Waals surface area contributed by atoms with Gasteiger partial charge < -0.3 is 14.6 Å².